The molecule has 25 heavy (non-hydrogen) atoms. The number of aliphatic hydroxyl groups is 1. The van der Waals surface area contributed by atoms with Crippen LogP contribution < -0.4 is 0 Å². The van der Waals surface area contributed by atoms with Gasteiger partial charge in [-0.3, -0.25) is 9.59 Å². The van der Waals surface area contributed by atoms with Gasteiger partial charge < -0.3 is 14.6 Å². The molecule has 4 rings (SSSR count). The first kappa shape index (κ1) is 17.2. The van der Waals surface area contributed by atoms with Crippen molar-refractivity contribution in [3.05, 3.63) is 12.2 Å². The second-order valence-corrected chi connectivity index (χ2v) is 9.36. The second-order valence-electron chi connectivity index (χ2n) is 9.36. The lowest BCUT2D eigenvalue weighted by Crippen LogP contribution is -2.57. The minimum atomic E-state index is -1.09. The fourth-order valence-electron chi connectivity index (χ4n) is 6.54. The van der Waals surface area contributed by atoms with Crippen molar-refractivity contribution in [2.45, 2.75) is 64.8 Å². The van der Waals surface area contributed by atoms with Gasteiger partial charge in [0, 0.05) is 6.42 Å². The van der Waals surface area contributed by atoms with Crippen molar-refractivity contribution < 1.29 is 24.2 Å². The van der Waals surface area contributed by atoms with Crippen LogP contribution in [0.5, 0.6) is 0 Å². The molecule has 5 nitrogen and oxygen atoms in total. The molecule has 0 aromatic heterocycles. The average molecular weight is 348 g/mol. The van der Waals surface area contributed by atoms with E-state index in [9.17, 15) is 14.7 Å². The molecular formula is C20H28O5. The highest BCUT2D eigenvalue weighted by molar-refractivity contribution is 5.87. The number of hydrogen-bond donors (Lipinski definition) is 1. The molecule has 4 fully saturated rings. The lowest BCUT2D eigenvalue weighted by Gasteiger charge is -2.43. The Morgan fingerprint density at radius 1 is 1.28 bits per heavy atom. The predicted molar refractivity (Wildman–Crippen MR) is 90.6 cm³/mol. The first-order valence-electron chi connectivity index (χ1n) is 9.30. The molecule has 2 saturated heterocycles. The normalized spacial score (nSPS) is 52.0. The molecule has 7 atom stereocenters. The molecule has 0 aromatic rings. The average Bonchev–Trinajstić information content (AvgIpc) is 3.04. The molecular weight excluding hydrogens is 320 g/mol. The van der Waals surface area contributed by atoms with E-state index in [1.54, 1.807) is 0 Å². The zero-order valence-electron chi connectivity index (χ0n) is 15.5. The second kappa shape index (κ2) is 4.95. The van der Waals surface area contributed by atoms with Gasteiger partial charge in [-0.2, -0.15) is 0 Å². The van der Waals surface area contributed by atoms with E-state index in [1.807, 2.05) is 6.92 Å². The number of ether oxygens (including phenoxy) is 2. The third-order valence-corrected chi connectivity index (χ3v) is 7.80. The van der Waals surface area contributed by atoms with Gasteiger partial charge in [0.05, 0.1) is 30.5 Å². The number of rotatable bonds is 1. The van der Waals surface area contributed by atoms with Crippen molar-refractivity contribution in [3.63, 3.8) is 0 Å². The Labute approximate surface area is 148 Å². The molecule has 0 aromatic carbocycles. The molecule has 2 unspecified atom stereocenters. The Morgan fingerprint density at radius 3 is 2.60 bits per heavy atom. The van der Waals surface area contributed by atoms with Gasteiger partial charge in [0.15, 0.2) is 5.60 Å². The minimum absolute atomic E-state index is 0.135. The summed E-state index contributed by atoms with van der Waals surface area (Å²) in [5, 5.41) is 11.3. The van der Waals surface area contributed by atoms with Crippen molar-refractivity contribution in [1.29, 1.82) is 0 Å². The summed E-state index contributed by atoms with van der Waals surface area (Å²) in [7, 11) is 0. The number of esters is 1. The molecule has 1 N–H and O–H groups in total. The lowest BCUT2D eigenvalue weighted by atomic mass is 9.64. The van der Waals surface area contributed by atoms with Crippen LogP contribution >= 0.6 is 0 Å². The van der Waals surface area contributed by atoms with Crippen LogP contribution in [0.2, 0.25) is 0 Å². The van der Waals surface area contributed by atoms with Gasteiger partial charge in [-0.15, -0.1) is 0 Å². The number of Topliss-reactive ketones (excluding diaryl/α,β-unsaturated/α-hetero) is 1. The topological polar surface area (TPSA) is 72.8 Å². The molecule has 0 bridgehead atoms. The van der Waals surface area contributed by atoms with E-state index in [0.29, 0.717) is 24.3 Å². The molecule has 2 aliphatic carbocycles. The van der Waals surface area contributed by atoms with Crippen LogP contribution in [0.4, 0.5) is 0 Å². The van der Waals surface area contributed by atoms with Gasteiger partial charge in [0.2, 0.25) is 0 Å². The van der Waals surface area contributed by atoms with Crippen LogP contribution in [0.15, 0.2) is 12.2 Å². The molecule has 5 heteroatoms. The van der Waals surface area contributed by atoms with E-state index >= 15 is 0 Å². The number of carbonyl (C=O) groups excluding carboxylic acids is 2. The summed E-state index contributed by atoms with van der Waals surface area (Å²) < 4.78 is 11.9. The zero-order chi connectivity index (χ0) is 18.4. The van der Waals surface area contributed by atoms with Gasteiger partial charge >= 0.3 is 5.97 Å². The third kappa shape index (κ3) is 1.81. The van der Waals surface area contributed by atoms with Gasteiger partial charge in [-0.1, -0.05) is 34.3 Å². The van der Waals surface area contributed by atoms with E-state index in [0.717, 1.165) is 0 Å². The van der Waals surface area contributed by atoms with Gasteiger partial charge in [-0.25, -0.2) is 0 Å². The van der Waals surface area contributed by atoms with Crippen LogP contribution in [-0.2, 0) is 19.1 Å². The highest BCUT2D eigenvalue weighted by Gasteiger charge is 2.76. The summed E-state index contributed by atoms with van der Waals surface area (Å²) in [4.78, 5) is 25.3. The summed E-state index contributed by atoms with van der Waals surface area (Å²) >= 11 is 0. The van der Waals surface area contributed by atoms with Crippen molar-refractivity contribution >= 4 is 11.8 Å². The van der Waals surface area contributed by atoms with E-state index in [2.05, 4.69) is 27.4 Å². The van der Waals surface area contributed by atoms with E-state index in [-0.39, 0.29) is 42.0 Å². The van der Waals surface area contributed by atoms with Gasteiger partial charge in [0.25, 0.3) is 0 Å². The van der Waals surface area contributed by atoms with E-state index in [4.69, 9.17) is 9.47 Å². The van der Waals surface area contributed by atoms with Crippen LogP contribution in [0.1, 0.15) is 47.0 Å². The summed E-state index contributed by atoms with van der Waals surface area (Å²) in [6.07, 6.45) is -0.180. The quantitative estimate of drug-likeness (QED) is 0.581. The maximum Gasteiger partial charge on any atom is 0.307 e. The SMILES string of the molecule is C=C1COC2[C@H]3C(=O)C[C@H](C(C)C)[C@@]3(C)CC(O)[C@]3(C)CC(=O)O[C@]123. The zero-order valence-corrected chi connectivity index (χ0v) is 15.5. The summed E-state index contributed by atoms with van der Waals surface area (Å²) in [6, 6.07) is 0. The highest BCUT2D eigenvalue weighted by Crippen LogP contribution is 2.66. The van der Waals surface area contributed by atoms with Gasteiger partial charge in [0.1, 0.15) is 11.9 Å². The first-order valence-corrected chi connectivity index (χ1v) is 9.30. The largest absolute Gasteiger partial charge is 0.451 e. The van der Waals surface area contributed by atoms with Crippen LogP contribution in [0.25, 0.3) is 0 Å². The van der Waals surface area contributed by atoms with E-state index < -0.39 is 23.2 Å². The number of ketones is 1. The van der Waals surface area contributed by atoms with E-state index in [1.165, 1.54) is 0 Å². The Bertz CT molecular complexity index is 669. The van der Waals surface area contributed by atoms with Crippen molar-refractivity contribution in [1.82, 2.24) is 0 Å². The minimum Gasteiger partial charge on any atom is -0.451 e. The molecule has 2 aliphatic heterocycles. The fraction of sp³-hybridized carbons (Fsp3) is 0.800. The van der Waals surface area contributed by atoms with Crippen molar-refractivity contribution in [2.75, 3.05) is 6.61 Å². The Kier molecular flexibility index (Phi) is 3.41. The van der Waals surface area contributed by atoms with Crippen molar-refractivity contribution in [3.8, 4) is 0 Å². The predicted octanol–water partition coefficient (Wildman–Crippen LogP) is 2.27. The number of fused-ring (bicyclic) bond motifs is 2. The molecule has 4 aliphatic rings. The fourth-order valence-corrected chi connectivity index (χ4v) is 6.54. The number of aliphatic hydroxyl groups excluding tert-OH is 1. The molecule has 0 radical (unpaired) electrons. The third-order valence-electron chi connectivity index (χ3n) is 7.80. The molecule has 138 valence electrons. The standard InChI is InChI=1S/C20H28O5/c1-10(2)12-6-13(21)16-17-20(11(3)9-24-17)19(5,8-15(23)25-20)14(22)7-18(12,16)4/h10,12,14,16-17,22H,3,6-9H2,1-2,4-5H3/t12-,14?,16-,17?,18-,19+,20-/m1/s1. The van der Waals surface area contributed by atoms with Crippen LogP contribution in [-0.4, -0.2) is 41.3 Å². The lowest BCUT2D eigenvalue weighted by molar-refractivity contribution is -0.165. The summed E-state index contributed by atoms with van der Waals surface area (Å²) in [5.74, 6) is -0.0267. The Balaban J connectivity index is 1.93. The number of hydrogen-bond acceptors (Lipinski definition) is 5. The monoisotopic (exact) mass is 348 g/mol. The Morgan fingerprint density at radius 2 is 1.96 bits per heavy atom. The molecule has 2 heterocycles. The Hall–Kier alpha value is -1.20. The maximum atomic E-state index is 13.1. The molecule has 1 spiro atoms. The molecule has 2 saturated carbocycles. The first-order chi connectivity index (χ1) is 11.6. The van der Waals surface area contributed by atoms with Gasteiger partial charge in [-0.05, 0) is 29.2 Å². The summed E-state index contributed by atoms with van der Waals surface area (Å²) in [6.45, 7) is 12.7. The summed E-state index contributed by atoms with van der Waals surface area (Å²) in [5.41, 5.74) is -1.59. The number of carbonyl (C=O) groups is 2. The van der Waals surface area contributed by atoms with Crippen LogP contribution in [0, 0.1) is 28.6 Å². The smallest absolute Gasteiger partial charge is 0.307 e. The van der Waals surface area contributed by atoms with Crippen molar-refractivity contribution in [2.24, 2.45) is 28.6 Å². The van der Waals surface area contributed by atoms with Crippen LogP contribution in [0.3, 0.4) is 0 Å². The highest BCUT2D eigenvalue weighted by atomic mass is 16.6. The molecule has 0 amide bonds. The maximum absolute atomic E-state index is 13.1.